The molecule has 0 saturated carbocycles. The van der Waals surface area contributed by atoms with Gasteiger partial charge in [-0.2, -0.15) is 0 Å². The van der Waals surface area contributed by atoms with Gasteiger partial charge in [0.1, 0.15) is 36.6 Å². The summed E-state index contributed by atoms with van der Waals surface area (Å²) < 4.78 is 10.9. The molecule has 0 aromatic rings. The van der Waals surface area contributed by atoms with Crippen molar-refractivity contribution in [2.75, 3.05) is 13.2 Å². The van der Waals surface area contributed by atoms with Gasteiger partial charge in [0.2, 0.25) is 5.91 Å². The number of unbranched alkanes of at least 4 members (excludes halogenated alkanes) is 14. The molecule has 1 rings (SSSR count). The van der Waals surface area contributed by atoms with Crippen LogP contribution in [0.25, 0.3) is 0 Å². The second kappa shape index (κ2) is 24.4. The van der Waals surface area contributed by atoms with Crippen LogP contribution in [0.5, 0.6) is 0 Å². The molecule has 43 heavy (non-hydrogen) atoms. The lowest BCUT2D eigenvalue weighted by atomic mass is 9.98. The van der Waals surface area contributed by atoms with Gasteiger partial charge in [-0.1, -0.05) is 117 Å². The quantitative estimate of drug-likeness (QED) is 0.0666. The maximum Gasteiger partial charge on any atom is 0.249 e. The molecule has 1 saturated heterocycles. The molecule has 11 heteroatoms. The molecular formula is C32H63NO10. The van der Waals surface area contributed by atoms with Gasteiger partial charge in [0.25, 0.3) is 0 Å². The Morgan fingerprint density at radius 1 is 0.721 bits per heavy atom. The standard InChI is InChI=1S/C32H63NO10/c1-3-5-7-9-10-11-12-13-14-15-16-18-20-25(36)31(41)33-23(27(37)24(35)19-17-8-6-4-2)22-42-32-30(40)29(39)28(38)26(21-34)43-32/h23-30,32,34-40H,3-22H2,1-2H3,(H,33,41). The Kier molecular flexibility index (Phi) is 22.7. The van der Waals surface area contributed by atoms with Crippen LogP contribution in [0, 0.1) is 0 Å². The van der Waals surface area contributed by atoms with Crippen LogP contribution in [0.2, 0.25) is 0 Å². The summed E-state index contributed by atoms with van der Waals surface area (Å²) >= 11 is 0. The molecule has 11 nitrogen and oxygen atoms in total. The van der Waals surface area contributed by atoms with E-state index in [0.29, 0.717) is 19.3 Å². The molecule has 0 aliphatic carbocycles. The van der Waals surface area contributed by atoms with Gasteiger partial charge in [-0.05, 0) is 12.8 Å². The normalized spacial score (nSPS) is 25.3. The molecule has 1 fully saturated rings. The highest BCUT2D eigenvalue weighted by molar-refractivity contribution is 5.80. The Bertz CT molecular complexity index is 685. The van der Waals surface area contributed by atoms with E-state index in [9.17, 15) is 40.5 Å². The highest BCUT2D eigenvalue weighted by atomic mass is 16.7. The largest absolute Gasteiger partial charge is 0.394 e. The highest BCUT2D eigenvalue weighted by Crippen LogP contribution is 2.23. The maximum atomic E-state index is 12.8. The molecule has 256 valence electrons. The van der Waals surface area contributed by atoms with E-state index in [-0.39, 0.29) is 6.42 Å². The average molecular weight is 622 g/mol. The zero-order chi connectivity index (χ0) is 32.0. The van der Waals surface area contributed by atoms with Crippen molar-refractivity contribution in [1.29, 1.82) is 0 Å². The number of carbonyl (C=O) groups excluding carboxylic acids is 1. The minimum Gasteiger partial charge on any atom is -0.394 e. The van der Waals surface area contributed by atoms with E-state index in [1.807, 2.05) is 0 Å². The molecule has 0 radical (unpaired) electrons. The number of aliphatic hydroxyl groups is 7. The van der Waals surface area contributed by atoms with E-state index >= 15 is 0 Å². The van der Waals surface area contributed by atoms with Crippen molar-refractivity contribution in [3.05, 3.63) is 0 Å². The third-order valence-electron chi connectivity index (χ3n) is 8.41. The molecule has 1 aliphatic rings. The maximum absolute atomic E-state index is 12.8. The molecular weight excluding hydrogens is 558 g/mol. The summed E-state index contributed by atoms with van der Waals surface area (Å²) in [6, 6.07) is -1.15. The molecule has 1 aliphatic heterocycles. The third-order valence-corrected chi connectivity index (χ3v) is 8.41. The van der Waals surface area contributed by atoms with Crippen LogP contribution in [0.4, 0.5) is 0 Å². The van der Waals surface area contributed by atoms with Crippen LogP contribution in [0.3, 0.4) is 0 Å². The SMILES string of the molecule is CCCCCCCCCCCCCCC(O)C(=O)NC(COC1OC(CO)C(O)C(O)C1O)C(O)C(O)CCCCCC. The monoisotopic (exact) mass is 621 g/mol. The predicted molar refractivity (Wildman–Crippen MR) is 164 cm³/mol. The topological polar surface area (TPSA) is 189 Å². The van der Waals surface area contributed by atoms with Crippen molar-refractivity contribution in [1.82, 2.24) is 5.32 Å². The van der Waals surface area contributed by atoms with E-state index in [2.05, 4.69) is 19.2 Å². The number of aliphatic hydroxyl groups excluding tert-OH is 7. The second-order valence-corrected chi connectivity index (χ2v) is 12.2. The van der Waals surface area contributed by atoms with Gasteiger partial charge >= 0.3 is 0 Å². The van der Waals surface area contributed by atoms with Crippen LogP contribution in [0.1, 0.15) is 129 Å². The number of ether oxygens (including phenoxy) is 2. The summed E-state index contributed by atoms with van der Waals surface area (Å²) in [5.74, 6) is -0.706. The number of nitrogens with one attached hydrogen (secondary N) is 1. The lowest BCUT2D eigenvalue weighted by molar-refractivity contribution is -0.303. The van der Waals surface area contributed by atoms with Crippen molar-refractivity contribution in [2.24, 2.45) is 0 Å². The smallest absolute Gasteiger partial charge is 0.249 e. The third kappa shape index (κ3) is 16.3. The van der Waals surface area contributed by atoms with E-state index in [1.165, 1.54) is 51.4 Å². The van der Waals surface area contributed by atoms with E-state index in [0.717, 1.165) is 38.5 Å². The number of hydrogen-bond acceptors (Lipinski definition) is 10. The molecule has 0 bridgehead atoms. The Hall–Kier alpha value is -0.890. The number of amides is 1. The zero-order valence-electron chi connectivity index (χ0n) is 26.7. The fraction of sp³-hybridized carbons (Fsp3) is 0.969. The van der Waals surface area contributed by atoms with E-state index < -0.39 is 74.2 Å². The molecule has 8 N–H and O–H groups in total. The van der Waals surface area contributed by atoms with Crippen molar-refractivity contribution in [3.63, 3.8) is 0 Å². The van der Waals surface area contributed by atoms with Gasteiger partial charge < -0.3 is 50.5 Å². The van der Waals surface area contributed by atoms with Crippen molar-refractivity contribution in [3.8, 4) is 0 Å². The van der Waals surface area contributed by atoms with Gasteiger partial charge in [-0.25, -0.2) is 0 Å². The van der Waals surface area contributed by atoms with Gasteiger partial charge in [-0.15, -0.1) is 0 Å². The van der Waals surface area contributed by atoms with Crippen molar-refractivity contribution in [2.45, 2.75) is 184 Å². The van der Waals surface area contributed by atoms with E-state index in [1.54, 1.807) is 0 Å². The van der Waals surface area contributed by atoms with Crippen LogP contribution in [-0.4, -0.2) is 110 Å². The molecule has 1 heterocycles. The minimum absolute atomic E-state index is 0.263. The fourth-order valence-electron chi connectivity index (χ4n) is 5.44. The minimum atomic E-state index is -1.65. The van der Waals surface area contributed by atoms with Gasteiger partial charge in [0, 0.05) is 0 Å². The summed E-state index contributed by atoms with van der Waals surface area (Å²) in [5, 5.41) is 74.3. The lowest BCUT2D eigenvalue weighted by Gasteiger charge is -2.40. The molecule has 1 amide bonds. The summed E-state index contributed by atoms with van der Waals surface area (Å²) in [6.45, 7) is 3.24. The summed E-state index contributed by atoms with van der Waals surface area (Å²) in [4.78, 5) is 12.8. The molecule has 0 spiro atoms. The second-order valence-electron chi connectivity index (χ2n) is 12.2. The lowest BCUT2D eigenvalue weighted by Crippen LogP contribution is -2.60. The Morgan fingerprint density at radius 2 is 1.21 bits per heavy atom. The Morgan fingerprint density at radius 3 is 1.74 bits per heavy atom. The van der Waals surface area contributed by atoms with Crippen LogP contribution in [-0.2, 0) is 14.3 Å². The van der Waals surface area contributed by atoms with Crippen LogP contribution >= 0.6 is 0 Å². The van der Waals surface area contributed by atoms with Crippen LogP contribution < -0.4 is 5.32 Å². The van der Waals surface area contributed by atoms with E-state index in [4.69, 9.17) is 9.47 Å². The highest BCUT2D eigenvalue weighted by Gasteiger charge is 2.44. The van der Waals surface area contributed by atoms with Gasteiger partial charge in [0.05, 0.1) is 25.4 Å². The first-order valence-corrected chi connectivity index (χ1v) is 16.9. The predicted octanol–water partition coefficient (Wildman–Crippen LogP) is 2.43. The number of carbonyl (C=O) groups is 1. The zero-order valence-corrected chi connectivity index (χ0v) is 26.7. The van der Waals surface area contributed by atoms with Crippen molar-refractivity contribution >= 4 is 5.91 Å². The fourth-order valence-corrected chi connectivity index (χ4v) is 5.44. The molecule has 0 aromatic carbocycles. The Balaban J connectivity index is 2.55. The number of rotatable bonds is 26. The van der Waals surface area contributed by atoms with Gasteiger partial charge in [-0.3, -0.25) is 4.79 Å². The molecule has 0 aromatic heterocycles. The first kappa shape index (κ1) is 40.1. The average Bonchev–Trinajstić information content (AvgIpc) is 3.00. The summed E-state index contributed by atoms with van der Waals surface area (Å²) in [5.41, 5.74) is 0. The van der Waals surface area contributed by atoms with Crippen LogP contribution in [0.15, 0.2) is 0 Å². The summed E-state index contributed by atoms with van der Waals surface area (Å²) in [7, 11) is 0. The summed E-state index contributed by atoms with van der Waals surface area (Å²) in [6.07, 6.45) is 6.78. The first-order chi connectivity index (χ1) is 20.7. The Labute approximate surface area is 259 Å². The van der Waals surface area contributed by atoms with Crippen molar-refractivity contribution < 1.29 is 50.0 Å². The number of hydrogen-bond donors (Lipinski definition) is 8. The first-order valence-electron chi connectivity index (χ1n) is 16.9. The molecule has 9 atom stereocenters. The van der Waals surface area contributed by atoms with Gasteiger partial charge in [0.15, 0.2) is 6.29 Å². The molecule has 9 unspecified atom stereocenters.